The second-order valence-electron chi connectivity index (χ2n) is 4.40. The molecule has 10 heteroatoms. The summed E-state index contributed by atoms with van der Waals surface area (Å²) in [6, 6.07) is 0. The number of aliphatic hydroxyl groups excluding tert-OH is 2. The number of nitrogens with two attached hydrogens (primary N) is 1. The van der Waals surface area contributed by atoms with Crippen molar-refractivity contribution in [3.8, 4) is 0 Å². The maximum Gasteiger partial charge on any atom is 0.194 e. The number of aromatic nitrogens is 4. The zero-order valence-electron chi connectivity index (χ0n) is 10.0. The average molecular weight is 412 g/mol. The van der Waals surface area contributed by atoms with E-state index in [1.165, 1.54) is 10.9 Å². The molecule has 1 aliphatic rings. The summed E-state index contributed by atoms with van der Waals surface area (Å²) in [7, 11) is 0. The van der Waals surface area contributed by atoms with Crippen LogP contribution in [0.2, 0.25) is 0 Å². The lowest BCUT2D eigenvalue weighted by atomic mass is 10.1. The quantitative estimate of drug-likeness (QED) is 0.358. The van der Waals surface area contributed by atoms with Crippen molar-refractivity contribution in [3.63, 3.8) is 0 Å². The minimum atomic E-state index is -1.12. The van der Waals surface area contributed by atoms with Crippen LogP contribution >= 0.6 is 34.2 Å². The van der Waals surface area contributed by atoms with Gasteiger partial charge in [-0.1, -0.05) is 0 Å². The van der Waals surface area contributed by atoms with Gasteiger partial charge in [-0.05, 0) is 0 Å². The minimum Gasteiger partial charge on any atom is -0.387 e. The Bertz CT molecular complexity index is 653. The first-order valence-electron chi connectivity index (χ1n) is 5.76. The lowest BCUT2D eigenvalue weighted by Gasteiger charge is -2.16. The second-order valence-corrected chi connectivity index (χ2v) is 5.68. The largest absolute Gasteiger partial charge is 0.387 e. The van der Waals surface area contributed by atoms with Crippen LogP contribution < -0.4 is 5.73 Å². The topological polar surface area (TPSA) is 119 Å². The third kappa shape index (κ3) is 2.13. The number of ether oxygens (including phenoxy) is 1. The lowest BCUT2D eigenvalue weighted by Crippen LogP contribution is -2.32. The van der Waals surface area contributed by atoms with Gasteiger partial charge in [0.05, 0.1) is 12.2 Å². The fourth-order valence-electron chi connectivity index (χ4n) is 2.18. The highest BCUT2D eigenvalue weighted by molar-refractivity contribution is 14.1. The molecule has 0 saturated carbocycles. The smallest absolute Gasteiger partial charge is 0.194 e. The van der Waals surface area contributed by atoms with E-state index in [1.807, 2.05) is 22.6 Å². The van der Waals surface area contributed by atoms with E-state index in [2.05, 4.69) is 15.0 Å². The maximum absolute atomic E-state index is 10.1. The summed E-state index contributed by atoms with van der Waals surface area (Å²) in [5.41, 5.74) is 6.64. The number of hydrogen-bond acceptors (Lipinski definition) is 7. The van der Waals surface area contributed by atoms with Gasteiger partial charge in [0.15, 0.2) is 21.5 Å². The highest BCUT2D eigenvalue weighted by atomic mass is 127. The van der Waals surface area contributed by atoms with Gasteiger partial charge >= 0.3 is 0 Å². The number of anilines is 1. The molecule has 3 rings (SSSR count). The van der Waals surface area contributed by atoms with Crippen LogP contribution in [-0.4, -0.2) is 53.9 Å². The van der Waals surface area contributed by atoms with E-state index in [9.17, 15) is 10.2 Å². The van der Waals surface area contributed by atoms with Crippen LogP contribution in [0.1, 0.15) is 6.23 Å². The van der Waals surface area contributed by atoms with Gasteiger partial charge < -0.3 is 20.7 Å². The minimum absolute atomic E-state index is 0.0794. The summed E-state index contributed by atoms with van der Waals surface area (Å²) in [5, 5.41) is 19.9. The summed E-state index contributed by atoms with van der Waals surface area (Å²) in [5.74, 6) is 0.329. The van der Waals surface area contributed by atoms with Crippen LogP contribution in [0, 0.1) is 3.83 Å². The number of rotatable bonds is 2. The highest BCUT2D eigenvalue weighted by Gasteiger charge is 2.43. The summed E-state index contributed by atoms with van der Waals surface area (Å²) >= 11 is 7.63. The average Bonchev–Trinajstić information content (AvgIpc) is 2.93. The SMILES string of the molecule is Nc1nc(I)nc2c1ncn2[C@@H]1O[C@H](CCl)[C@@H](O)[C@H]1O. The molecule has 8 nitrogen and oxygen atoms in total. The fourth-order valence-corrected chi connectivity index (χ4v) is 2.93. The first-order chi connectivity index (χ1) is 9.52. The van der Waals surface area contributed by atoms with Crippen molar-refractivity contribution in [1.82, 2.24) is 19.5 Å². The van der Waals surface area contributed by atoms with E-state index in [1.54, 1.807) is 0 Å². The van der Waals surface area contributed by atoms with Gasteiger partial charge in [0.2, 0.25) is 0 Å². The number of halogens is 2. The van der Waals surface area contributed by atoms with Gasteiger partial charge in [-0.15, -0.1) is 11.6 Å². The Balaban J connectivity index is 2.07. The zero-order chi connectivity index (χ0) is 14.4. The summed E-state index contributed by atoms with van der Waals surface area (Å²) in [6.07, 6.45) is -2.20. The number of imidazole rings is 1. The molecular formula is C10H11ClIN5O3. The number of nitrogens with zero attached hydrogens (tertiary/aromatic N) is 4. The number of fused-ring (bicyclic) bond motifs is 1. The zero-order valence-corrected chi connectivity index (χ0v) is 12.9. The van der Waals surface area contributed by atoms with Gasteiger partial charge in [-0.2, -0.15) is 0 Å². The molecule has 0 radical (unpaired) electrons. The Hall–Kier alpha value is -0.750. The van der Waals surface area contributed by atoms with Crippen LogP contribution in [0.3, 0.4) is 0 Å². The number of nitrogen functional groups attached to an aromatic ring is 1. The molecule has 0 aromatic carbocycles. The molecule has 2 aromatic heterocycles. The number of hydrogen-bond donors (Lipinski definition) is 3. The predicted octanol–water partition coefficient (Wildman–Crippen LogP) is -0.129. The Morgan fingerprint density at radius 2 is 2.15 bits per heavy atom. The molecule has 1 saturated heterocycles. The van der Waals surface area contributed by atoms with E-state index in [-0.39, 0.29) is 11.7 Å². The molecule has 1 fully saturated rings. The highest BCUT2D eigenvalue weighted by Crippen LogP contribution is 2.32. The van der Waals surface area contributed by atoms with E-state index in [0.717, 1.165) is 0 Å². The first kappa shape index (κ1) is 14.2. The summed E-state index contributed by atoms with van der Waals surface area (Å²) in [4.78, 5) is 12.4. The van der Waals surface area contributed by atoms with E-state index >= 15 is 0 Å². The molecular weight excluding hydrogens is 400 g/mol. The van der Waals surface area contributed by atoms with Gasteiger partial charge in [0.1, 0.15) is 23.8 Å². The fraction of sp³-hybridized carbons (Fsp3) is 0.500. The van der Waals surface area contributed by atoms with Crippen LogP contribution in [0.4, 0.5) is 5.82 Å². The normalized spacial score (nSPS) is 30.2. The van der Waals surface area contributed by atoms with Crippen molar-refractivity contribution in [2.45, 2.75) is 24.5 Å². The van der Waals surface area contributed by atoms with E-state index < -0.39 is 24.5 Å². The van der Waals surface area contributed by atoms with Crippen LogP contribution in [0.5, 0.6) is 0 Å². The van der Waals surface area contributed by atoms with E-state index in [0.29, 0.717) is 15.0 Å². The molecule has 0 spiro atoms. The van der Waals surface area contributed by atoms with Crippen LogP contribution in [0.25, 0.3) is 11.2 Å². The maximum atomic E-state index is 10.1. The monoisotopic (exact) mass is 411 g/mol. The van der Waals surface area contributed by atoms with Crippen LogP contribution in [-0.2, 0) is 4.74 Å². The van der Waals surface area contributed by atoms with Crippen molar-refractivity contribution in [2.75, 3.05) is 11.6 Å². The molecule has 1 aliphatic heterocycles. The Kier molecular flexibility index (Phi) is 3.71. The van der Waals surface area contributed by atoms with Gasteiger partial charge in [-0.3, -0.25) is 4.57 Å². The van der Waals surface area contributed by atoms with Crippen LogP contribution in [0.15, 0.2) is 6.33 Å². The standard InChI is InChI=1S/C10H11ClIN5O3/c11-1-3-5(18)6(19)9(20-3)17-2-14-4-7(13)15-10(12)16-8(4)17/h2-3,5-6,9,18-19H,1H2,(H2,13,15,16)/t3-,5-,6-,9-/m1/s1. The molecule has 0 amide bonds. The van der Waals surface area contributed by atoms with E-state index in [4.69, 9.17) is 22.1 Å². The second kappa shape index (κ2) is 5.22. The Morgan fingerprint density at radius 1 is 1.40 bits per heavy atom. The Labute approximate surface area is 132 Å². The first-order valence-corrected chi connectivity index (χ1v) is 7.37. The predicted molar refractivity (Wildman–Crippen MR) is 79.1 cm³/mol. The Morgan fingerprint density at radius 3 is 2.80 bits per heavy atom. The van der Waals surface area contributed by atoms with Crippen molar-refractivity contribution >= 4 is 51.2 Å². The van der Waals surface area contributed by atoms with Gasteiger partial charge in [0.25, 0.3) is 0 Å². The van der Waals surface area contributed by atoms with Crippen molar-refractivity contribution in [1.29, 1.82) is 0 Å². The third-order valence-electron chi connectivity index (χ3n) is 3.18. The van der Waals surface area contributed by atoms with Gasteiger partial charge in [-0.25, -0.2) is 15.0 Å². The van der Waals surface area contributed by atoms with Crippen molar-refractivity contribution < 1.29 is 14.9 Å². The summed E-state index contributed by atoms with van der Waals surface area (Å²) in [6.45, 7) is 0. The molecule has 2 aromatic rings. The molecule has 3 heterocycles. The summed E-state index contributed by atoms with van der Waals surface area (Å²) < 4.78 is 7.53. The molecule has 0 unspecified atom stereocenters. The number of alkyl halides is 1. The molecule has 4 N–H and O–H groups in total. The van der Waals surface area contributed by atoms with Crippen molar-refractivity contribution in [3.05, 3.63) is 10.2 Å². The molecule has 0 aliphatic carbocycles. The third-order valence-corrected chi connectivity index (χ3v) is 3.97. The van der Waals surface area contributed by atoms with Gasteiger partial charge in [0, 0.05) is 22.6 Å². The molecule has 4 atom stereocenters. The molecule has 108 valence electrons. The molecule has 20 heavy (non-hydrogen) atoms. The van der Waals surface area contributed by atoms with Crippen molar-refractivity contribution in [2.24, 2.45) is 0 Å². The number of aliphatic hydroxyl groups is 2. The lowest BCUT2D eigenvalue weighted by molar-refractivity contribution is -0.0291. The molecule has 0 bridgehead atoms.